The molecule has 2 aromatic carbocycles. The van der Waals surface area contributed by atoms with Gasteiger partial charge in [0.15, 0.2) is 23.1 Å². The van der Waals surface area contributed by atoms with Crippen molar-refractivity contribution in [3.63, 3.8) is 0 Å². The largest absolute Gasteiger partial charge is 0.503 e. The summed E-state index contributed by atoms with van der Waals surface area (Å²) in [4.78, 5) is 55.4. The van der Waals surface area contributed by atoms with Gasteiger partial charge in [0.25, 0.3) is 0 Å². The molecule has 0 saturated carbocycles. The molecule has 1 saturated heterocycles. The number of hydrogen-bond donors (Lipinski definition) is 1. The van der Waals surface area contributed by atoms with Crippen LogP contribution in [0.4, 0.5) is 5.69 Å². The smallest absolute Gasteiger partial charge is 0.238 e. The molecule has 39 heavy (non-hydrogen) atoms. The topological polar surface area (TPSA) is 101 Å². The average Bonchev–Trinajstić information content (AvgIpc) is 3.18. The third-order valence-corrected chi connectivity index (χ3v) is 8.79. The summed E-state index contributed by atoms with van der Waals surface area (Å²) in [6.07, 6.45) is 3.74. The number of benzene rings is 2. The van der Waals surface area contributed by atoms with E-state index in [1.165, 1.54) is 18.1 Å². The van der Waals surface area contributed by atoms with Crippen LogP contribution in [0.3, 0.4) is 0 Å². The zero-order valence-electron chi connectivity index (χ0n) is 21.0. The Morgan fingerprint density at radius 3 is 2.41 bits per heavy atom. The molecule has 1 fully saturated rings. The molecule has 4 unspecified atom stereocenters. The van der Waals surface area contributed by atoms with E-state index >= 15 is 0 Å². The lowest BCUT2D eigenvalue weighted by Gasteiger charge is -2.42. The molecule has 2 aromatic rings. The van der Waals surface area contributed by atoms with Crippen molar-refractivity contribution in [1.82, 2.24) is 0 Å². The molecule has 4 aliphatic rings. The van der Waals surface area contributed by atoms with Crippen LogP contribution in [0.2, 0.25) is 10.0 Å². The van der Waals surface area contributed by atoms with Crippen LogP contribution in [0.1, 0.15) is 31.2 Å². The normalized spacial score (nSPS) is 26.2. The van der Waals surface area contributed by atoms with Gasteiger partial charge in [0.05, 0.1) is 29.7 Å². The summed E-state index contributed by atoms with van der Waals surface area (Å²) in [7, 11) is 1.39. The van der Waals surface area contributed by atoms with Gasteiger partial charge in [0.2, 0.25) is 11.8 Å². The number of anilines is 1. The summed E-state index contributed by atoms with van der Waals surface area (Å²) in [5.41, 5.74) is 2.79. The highest BCUT2D eigenvalue weighted by molar-refractivity contribution is 6.32. The number of halogens is 2. The lowest BCUT2D eigenvalue weighted by Crippen LogP contribution is -2.39. The van der Waals surface area contributed by atoms with E-state index in [0.29, 0.717) is 39.4 Å². The standard InChI is InChI=1S/C30H23Cl2NO6/c1-13-9-22(34)20-12-19-17(24(26(20)27(13)35)14-10-21(32)28(36)23(11-14)39-2)7-8-18-25(19)30(38)33(29(18)37)16-5-3-15(31)4-6-16/h3-7,9-11,18-19,24-25,36H,8,12H2,1-2H3. The second-order valence-electron chi connectivity index (χ2n) is 10.3. The Balaban J connectivity index is 1.51. The number of rotatable bonds is 3. The third-order valence-electron chi connectivity index (χ3n) is 8.25. The van der Waals surface area contributed by atoms with Gasteiger partial charge in [-0.15, -0.1) is 0 Å². The van der Waals surface area contributed by atoms with Crippen LogP contribution in [0, 0.1) is 17.8 Å². The fraction of sp³-hybridized carbons (Fsp3) is 0.267. The molecule has 0 aromatic heterocycles. The number of carbonyl (C=O) groups excluding carboxylic acids is 4. The molecule has 6 rings (SSSR count). The van der Waals surface area contributed by atoms with E-state index in [1.54, 1.807) is 43.3 Å². The summed E-state index contributed by atoms with van der Waals surface area (Å²) in [5.74, 6) is -3.75. The van der Waals surface area contributed by atoms with Crippen LogP contribution < -0.4 is 9.64 Å². The highest BCUT2D eigenvalue weighted by Gasteiger charge is 2.56. The second kappa shape index (κ2) is 9.21. The molecule has 0 bridgehead atoms. The van der Waals surface area contributed by atoms with Crippen molar-refractivity contribution in [1.29, 1.82) is 0 Å². The van der Waals surface area contributed by atoms with Crippen molar-refractivity contribution >= 4 is 52.3 Å². The molecule has 0 spiro atoms. The van der Waals surface area contributed by atoms with Gasteiger partial charge in [0, 0.05) is 27.7 Å². The SMILES string of the molecule is COc1cc(C2C3=CCC4C(=O)N(c5ccc(Cl)cc5)C(=O)C4C3CC3=C2C(=O)C(C)=CC3=O)cc(Cl)c1O. The van der Waals surface area contributed by atoms with E-state index in [9.17, 15) is 24.3 Å². The molecular weight excluding hydrogens is 541 g/mol. The van der Waals surface area contributed by atoms with Crippen LogP contribution in [-0.2, 0) is 19.2 Å². The maximum Gasteiger partial charge on any atom is 0.238 e. The number of nitrogens with zero attached hydrogens (tertiary/aromatic N) is 1. The number of imide groups is 1. The van der Waals surface area contributed by atoms with Crippen LogP contribution in [0.15, 0.2) is 70.8 Å². The maximum atomic E-state index is 13.9. The molecule has 198 valence electrons. The molecule has 1 heterocycles. The van der Waals surface area contributed by atoms with Crippen LogP contribution in [0.5, 0.6) is 11.5 Å². The molecule has 3 aliphatic carbocycles. The van der Waals surface area contributed by atoms with Gasteiger partial charge in [-0.25, -0.2) is 0 Å². The van der Waals surface area contributed by atoms with Crippen molar-refractivity contribution in [3.05, 3.63) is 86.5 Å². The minimum Gasteiger partial charge on any atom is -0.503 e. The summed E-state index contributed by atoms with van der Waals surface area (Å²) in [6, 6.07) is 9.67. The minimum atomic E-state index is -0.700. The number of methoxy groups -OCH3 is 1. The maximum absolute atomic E-state index is 13.9. The van der Waals surface area contributed by atoms with Gasteiger partial charge in [0.1, 0.15) is 0 Å². The molecule has 1 aliphatic heterocycles. The Labute approximate surface area is 234 Å². The number of allylic oxidation sites excluding steroid dienone is 6. The van der Waals surface area contributed by atoms with Crippen molar-refractivity contribution in [2.45, 2.75) is 25.7 Å². The number of aromatic hydroxyl groups is 1. The number of ketones is 2. The number of phenols is 1. The first-order chi connectivity index (χ1) is 18.6. The summed E-state index contributed by atoms with van der Waals surface area (Å²) < 4.78 is 5.32. The van der Waals surface area contributed by atoms with Crippen LogP contribution in [0.25, 0.3) is 0 Å². The van der Waals surface area contributed by atoms with Crippen LogP contribution in [-0.4, -0.2) is 35.6 Å². The lowest BCUT2D eigenvalue weighted by atomic mass is 9.59. The Hall–Kier alpha value is -3.68. The Morgan fingerprint density at radius 2 is 1.72 bits per heavy atom. The minimum absolute atomic E-state index is 0.0331. The third kappa shape index (κ3) is 3.79. The lowest BCUT2D eigenvalue weighted by molar-refractivity contribution is -0.123. The molecular formula is C30H23Cl2NO6. The first-order valence-electron chi connectivity index (χ1n) is 12.5. The van der Waals surface area contributed by atoms with Crippen molar-refractivity contribution in [2.75, 3.05) is 12.0 Å². The predicted molar refractivity (Wildman–Crippen MR) is 145 cm³/mol. The van der Waals surface area contributed by atoms with E-state index in [4.69, 9.17) is 27.9 Å². The number of amides is 2. The van der Waals surface area contributed by atoms with E-state index in [-0.39, 0.29) is 46.3 Å². The van der Waals surface area contributed by atoms with Crippen LogP contribution >= 0.6 is 23.2 Å². The van der Waals surface area contributed by atoms with E-state index in [0.717, 1.165) is 5.57 Å². The number of fused-ring (bicyclic) bond motifs is 3. The average molecular weight is 564 g/mol. The number of hydrogen-bond acceptors (Lipinski definition) is 6. The Kier molecular flexibility index (Phi) is 6.04. The van der Waals surface area contributed by atoms with E-state index < -0.39 is 23.7 Å². The summed E-state index contributed by atoms with van der Waals surface area (Å²) >= 11 is 12.4. The highest BCUT2D eigenvalue weighted by Crippen LogP contribution is 2.56. The fourth-order valence-electron chi connectivity index (χ4n) is 6.50. The first-order valence-corrected chi connectivity index (χ1v) is 13.3. The number of carbonyl (C=O) groups is 4. The van der Waals surface area contributed by atoms with Gasteiger partial charge in [-0.2, -0.15) is 0 Å². The molecule has 4 atom stereocenters. The molecule has 1 N–H and O–H groups in total. The van der Waals surface area contributed by atoms with Crippen molar-refractivity contribution in [3.8, 4) is 11.5 Å². The summed E-state index contributed by atoms with van der Waals surface area (Å²) in [6.45, 7) is 1.60. The highest BCUT2D eigenvalue weighted by atomic mass is 35.5. The summed E-state index contributed by atoms with van der Waals surface area (Å²) in [5, 5.41) is 10.9. The second-order valence-corrected chi connectivity index (χ2v) is 11.1. The van der Waals surface area contributed by atoms with Gasteiger partial charge in [-0.05, 0) is 73.7 Å². The van der Waals surface area contributed by atoms with Gasteiger partial charge < -0.3 is 9.84 Å². The predicted octanol–water partition coefficient (Wildman–Crippen LogP) is 5.34. The Morgan fingerprint density at radius 1 is 1.00 bits per heavy atom. The zero-order valence-corrected chi connectivity index (χ0v) is 22.5. The van der Waals surface area contributed by atoms with Crippen molar-refractivity contribution < 1.29 is 29.0 Å². The molecule has 0 radical (unpaired) electrons. The van der Waals surface area contributed by atoms with Gasteiger partial charge in [-0.3, -0.25) is 24.1 Å². The molecule has 9 heteroatoms. The van der Waals surface area contributed by atoms with E-state index in [1.807, 2.05) is 6.08 Å². The fourth-order valence-corrected chi connectivity index (χ4v) is 6.85. The van der Waals surface area contributed by atoms with Gasteiger partial charge >= 0.3 is 0 Å². The monoisotopic (exact) mass is 563 g/mol. The molecule has 7 nitrogen and oxygen atoms in total. The van der Waals surface area contributed by atoms with Crippen molar-refractivity contribution in [2.24, 2.45) is 17.8 Å². The number of ether oxygens (including phenoxy) is 1. The number of Topliss-reactive ketones (excluding diaryl/α,β-unsaturated/α-hetero) is 1. The first kappa shape index (κ1) is 25.6. The number of phenolic OH excluding ortho intramolecular Hbond substituents is 1. The molecule has 2 amide bonds. The van der Waals surface area contributed by atoms with E-state index in [2.05, 4.69) is 0 Å². The quantitative estimate of drug-likeness (QED) is 0.307. The van der Waals surface area contributed by atoms with Gasteiger partial charge in [-0.1, -0.05) is 34.9 Å². The Bertz CT molecular complexity index is 1590. The zero-order chi connectivity index (χ0) is 27.7.